The Bertz CT molecular complexity index is 310. The Balaban J connectivity index is 2.02. The highest BCUT2D eigenvalue weighted by Gasteiger charge is 2.39. The molecule has 0 aromatic carbocycles. The van der Waals surface area contributed by atoms with Gasteiger partial charge in [0.2, 0.25) is 0 Å². The summed E-state index contributed by atoms with van der Waals surface area (Å²) in [5.74, 6) is -0.107. The van der Waals surface area contributed by atoms with E-state index in [2.05, 4.69) is 10.2 Å². The van der Waals surface area contributed by atoms with Gasteiger partial charge in [-0.05, 0) is 13.0 Å². The van der Waals surface area contributed by atoms with Crippen molar-refractivity contribution in [3.05, 3.63) is 18.0 Å². The normalized spacial score (nSPS) is 19.7. The minimum atomic E-state index is -0.713. The van der Waals surface area contributed by atoms with Crippen molar-refractivity contribution in [2.45, 2.75) is 12.5 Å². The molecule has 5 heteroatoms. The molecule has 0 saturated carbocycles. The highest BCUT2D eigenvalue weighted by Crippen LogP contribution is 2.21. The van der Waals surface area contributed by atoms with Gasteiger partial charge in [0.05, 0.1) is 18.7 Å². The molecule has 13 heavy (non-hydrogen) atoms. The number of H-pyrrole nitrogens is 1. The lowest BCUT2D eigenvalue weighted by molar-refractivity contribution is -0.0670. The van der Waals surface area contributed by atoms with E-state index < -0.39 is 5.60 Å². The minimum Gasteiger partial charge on any atom is -0.386 e. The zero-order valence-electron chi connectivity index (χ0n) is 7.32. The van der Waals surface area contributed by atoms with Crippen LogP contribution in [-0.4, -0.2) is 44.8 Å². The Labute approximate surface area is 75.4 Å². The van der Waals surface area contributed by atoms with E-state index in [0.717, 1.165) is 0 Å². The first-order valence-corrected chi connectivity index (χ1v) is 4.09. The Morgan fingerprint density at radius 3 is 2.92 bits per heavy atom. The van der Waals surface area contributed by atoms with Gasteiger partial charge >= 0.3 is 0 Å². The number of hydrogen-bond acceptors (Lipinski definition) is 3. The first-order valence-electron chi connectivity index (χ1n) is 4.09. The van der Waals surface area contributed by atoms with Crippen molar-refractivity contribution in [3.63, 3.8) is 0 Å². The van der Waals surface area contributed by atoms with Crippen LogP contribution in [-0.2, 0) is 0 Å². The SMILES string of the molecule is CC1(O)CN(C(=O)c2ccn[nH]2)C1. The van der Waals surface area contributed by atoms with Gasteiger partial charge in [-0.3, -0.25) is 9.89 Å². The molecule has 1 amide bonds. The number of β-amino-alcohol motifs (C(OH)–C–C–N with tert-alkyl or cyclic N) is 1. The molecule has 1 saturated heterocycles. The van der Waals surface area contributed by atoms with Crippen LogP contribution in [0.3, 0.4) is 0 Å². The van der Waals surface area contributed by atoms with Crippen LogP contribution in [0, 0.1) is 0 Å². The smallest absolute Gasteiger partial charge is 0.272 e. The largest absolute Gasteiger partial charge is 0.386 e. The summed E-state index contributed by atoms with van der Waals surface area (Å²) in [6.45, 7) is 2.50. The van der Waals surface area contributed by atoms with Crippen LogP contribution in [0.5, 0.6) is 0 Å². The van der Waals surface area contributed by atoms with E-state index in [9.17, 15) is 9.90 Å². The van der Waals surface area contributed by atoms with E-state index in [1.54, 1.807) is 17.9 Å². The molecule has 0 spiro atoms. The van der Waals surface area contributed by atoms with Crippen LogP contribution in [0.1, 0.15) is 17.4 Å². The molecule has 0 bridgehead atoms. The Hall–Kier alpha value is -1.36. The fourth-order valence-corrected chi connectivity index (χ4v) is 1.46. The molecule has 0 radical (unpaired) electrons. The molecule has 1 fully saturated rings. The van der Waals surface area contributed by atoms with E-state index in [-0.39, 0.29) is 5.91 Å². The molecule has 2 N–H and O–H groups in total. The predicted octanol–water partition coefficient (Wildman–Crippen LogP) is -0.383. The highest BCUT2D eigenvalue weighted by atomic mass is 16.3. The van der Waals surface area contributed by atoms with E-state index in [4.69, 9.17) is 0 Å². The summed E-state index contributed by atoms with van der Waals surface area (Å²) in [6, 6.07) is 1.62. The molecule has 5 nitrogen and oxygen atoms in total. The van der Waals surface area contributed by atoms with E-state index in [0.29, 0.717) is 18.8 Å². The van der Waals surface area contributed by atoms with Gasteiger partial charge in [0.15, 0.2) is 0 Å². The second-order valence-corrected chi connectivity index (χ2v) is 3.63. The molecule has 1 aromatic rings. The van der Waals surface area contributed by atoms with Crippen molar-refractivity contribution in [1.29, 1.82) is 0 Å². The molecular weight excluding hydrogens is 170 g/mol. The third-order valence-electron chi connectivity index (χ3n) is 2.08. The first-order chi connectivity index (χ1) is 6.08. The lowest BCUT2D eigenvalue weighted by Crippen LogP contribution is -2.61. The maximum atomic E-state index is 11.5. The average molecular weight is 181 g/mol. The van der Waals surface area contributed by atoms with Gasteiger partial charge in [0, 0.05) is 6.20 Å². The third kappa shape index (κ3) is 1.42. The van der Waals surface area contributed by atoms with E-state index in [1.165, 1.54) is 6.20 Å². The average Bonchev–Trinajstić information content (AvgIpc) is 2.50. The minimum absolute atomic E-state index is 0.107. The van der Waals surface area contributed by atoms with Gasteiger partial charge in [-0.25, -0.2) is 0 Å². The zero-order chi connectivity index (χ0) is 9.47. The van der Waals surface area contributed by atoms with Gasteiger partial charge in [0.1, 0.15) is 5.69 Å². The van der Waals surface area contributed by atoms with Gasteiger partial charge in [0.25, 0.3) is 5.91 Å². The Kier molecular flexibility index (Phi) is 1.63. The van der Waals surface area contributed by atoms with Crippen LogP contribution < -0.4 is 0 Å². The number of aromatic nitrogens is 2. The quantitative estimate of drug-likeness (QED) is 0.620. The number of rotatable bonds is 1. The summed E-state index contributed by atoms with van der Waals surface area (Å²) in [6.07, 6.45) is 1.53. The lowest BCUT2D eigenvalue weighted by Gasteiger charge is -2.43. The summed E-state index contributed by atoms with van der Waals surface area (Å²) in [4.78, 5) is 13.1. The molecule has 70 valence electrons. The Morgan fingerprint density at radius 2 is 2.46 bits per heavy atom. The summed E-state index contributed by atoms with van der Waals surface area (Å²) >= 11 is 0. The van der Waals surface area contributed by atoms with Crippen molar-refractivity contribution < 1.29 is 9.90 Å². The van der Waals surface area contributed by atoms with Crippen molar-refractivity contribution >= 4 is 5.91 Å². The number of nitrogens with one attached hydrogen (secondary N) is 1. The fraction of sp³-hybridized carbons (Fsp3) is 0.500. The standard InChI is InChI=1S/C8H11N3O2/c1-8(13)4-11(5-8)7(12)6-2-3-9-10-6/h2-3,13H,4-5H2,1H3,(H,9,10). The molecule has 0 unspecified atom stereocenters. The molecule has 0 atom stereocenters. The lowest BCUT2D eigenvalue weighted by atomic mass is 9.97. The first kappa shape index (κ1) is 8.25. The van der Waals surface area contributed by atoms with Crippen molar-refractivity contribution in [1.82, 2.24) is 15.1 Å². The molecule has 0 aliphatic carbocycles. The topological polar surface area (TPSA) is 69.2 Å². The molecular formula is C8H11N3O2. The van der Waals surface area contributed by atoms with Crippen LogP contribution in [0.25, 0.3) is 0 Å². The van der Waals surface area contributed by atoms with E-state index in [1.807, 2.05) is 0 Å². The van der Waals surface area contributed by atoms with Crippen molar-refractivity contribution in [3.8, 4) is 0 Å². The third-order valence-corrected chi connectivity index (χ3v) is 2.08. The second-order valence-electron chi connectivity index (χ2n) is 3.63. The summed E-state index contributed by atoms with van der Waals surface area (Å²) < 4.78 is 0. The number of nitrogens with zero attached hydrogens (tertiary/aromatic N) is 2. The molecule has 1 aromatic heterocycles. The number of hydrogen-bond donors (Lipinski definition) is 2. The van der Waals surface area contributed by atoms with Gasteiger partial charge < -0.3 is 10.0 Å². The fourth-order valence-electron chi connectivity index (χ4n) is 1.46. The number of aromatic amines is 1. The molecule has 2 rings (SSSR count). The number of aliphatic hydroxyl groups is 1. The van der Waals surface area contributed by atoms with Crippen LogP contribution >= 0.6 is 0 Å². The summed E-state index contributed by atoms with van der Waals surface area (Å²) in [5.41, 5.74) is -0.245. The van der Waals surface area contributed by atoms with Gasteiger partial charge in [-0.2, -0.15) is 5.10 Å². The van der Waals surface area contributed by atoms with Gasteiger partial charge in [-0.1, -0.05) is 0 Å². The molecule has 1 aliphatic rings. The number of carbonyl (C=O) groups is 1. The summed E-state index contributed by atoms with van der Waals surface area (Å²) in [5, 5.41) is 15.7. The number of carbonyl (C=O) groups excluding carboxylic acids is 1. The van der Waals surface area contributed by atoms with Crippen LogP contribution in [0.4, 0.5) is 0 Å². The molecule has 2 heterocycles. The van der Waals surface area contributed by atoms with Crippen LogP contribution in [0.15, 0.2) is 12.3 Å². The maximum Gasteiger partial charge on any atom is 0.272 e. The monoisotopic (exact) mass is 181 g/mol. The van der Waals surface area contributed by atoms with Crippen molar-refractivity contribution in [2.24, 2.45) is 0 Å². The number of amides is 1. The summed E-state index contributed by atoms with van der Waals surface area (Å²) in [7, 11) is 0. The highest BCUT2D eigenvalue weighted by molar-refractivity contribution is 5.92. The zero-order valence-corrected chi connectivity index (χ0v) is 7.32. The molecule has 1 aliphatic heterocycles. The second kappa shape index (κ2) is 2.56. The Morgan fingerprint density at radius 1 is 1.77 bits per heavy atom. The number of likely N-dealkylation sites (tertiary alicyclic amines) is 1. The van der Waals surface area contributed by atoms with Crippen LogP contribution in [0.2, 0.25) is 0 Å². The van der Waals surface area contributed by atoms with Gasteiger partial charge in [-0.15, -0.1) is 0 Å². The van der Waals surface area contributed by atoms with E-state index >= 15 is 0 Å². The maximum absolute atomic E-state index is 11.5. The predicted molar refractivity (Wildman–Crippen MR) is 45.1 cm³/mol. The van der Waals surface area contributed by atoms with Crippen molar-refractivity contribution in [2.75, 3.05) is 13.1 Å².